The van der Waals surface area contributed by atoms with Crippen LogP contribution in [0.1, 0.15) is 13.3 Å². The van der Waals surface area contributed by atoms with Gasteiger partial charge < -0.3 is 15.2 Å². The molecule has 0 aliphatic carbocycles. The number of hydrogen-bond donors (Lipinski definition) is 2. The summed E-state index contributed by atoms with van der Waals surface area (Å²) in [5, 5.41) is 12.9. The summed E-state index contributed by atoms with van der Waals surface area (Å²) in [4.78, 5) is 12.6. The third kappa shape index (κ3) is 3.94. The fourth-order valence-electron chi connectivity index (χ4n) is 1.99. The van der Waals surface area contributed by atoms with Gasteiger partial charge in [-0.15, -0.1) is 11.8 Å². The Bertz CT molecular complexity index is 468. The van der Waals surface area contributed by atoms with Gasteiger partial charge in [-0.05, 0) is 31.2 Å². The summed E-state index contributed by atoms with van der Waals surface area (Å²) in [5.41, 5.74) is -0.976. The molecule has 110 valence electrons. The van der Waals surface area contributed by atoms with Gasteiger partial charge in [-0.3, -0.25) is 4.79 Å². The highest BCUT2D eigenvalue weighted by Crippen LogP contribution is 2.24. The van der Waals surface area contributed by atoms with Crippen LogP contribution in [0.5, 0.6) is 0 Å². The number of amides is 1. The maximum atomic E-state index is 12.7. The molecule has 4 nitrogen and oxygen atoms in total. The van der Waals surface area contributed by atoms with E-state index in [0.29, 0.717) is 13.0 Å². The first kappa shape index (κ1) is 15.3. The van der Waals surface area contributed by atoms with Crippen molar-refractivity contribution >= 4 is 17.7 Å². The maximum Gasteiger partial charge on any atom is 0.230 e. The Labute approximate surface area is 121 Å². The van der Waals surface area contributed by atoms with Crippen LogP contribution in [0, 0.1) is 5.82 Å². The van der Waals surface area contributed by atoms with E-state index in [4.69, 9.17) is 4.74 Å². The molecule has 0 saturated carbocycles. The van der Waals surface area contributed by atoms with E-state index in [2.05, 4.69) is 5.32 Å². The summed E-state index contributed by atoms with van der Waals surface area (Å²) in [7, 11) is 0. The van der Waals surface area contributed by atoms with Crippen LogP contribution in [0.15, 0.2) is 29.2 Å². The minimum atomic E-state index is -0.976. The minimum Gasteiger partial charge on any atom is -0.385 e. The van der Waals surface area contributed by atoms with Gasteiger partial charge in [0.25, 0.3) is 0 Å². The van der Waals surface area contributed by atoms with Gasteiger partial charge in [-0.25, -0.2) is 4.39 Å². The second-order valence-corrected chi connectivity index (χ2v) is 5.93. The van der Waals surface area contributed by atoms with E-state index in [1.165, 1.54) is 23.9 Å². The van der Waals surface area contributed by atoms with Crippen LogP contribution >= 0.6 is 11.8 Å². The molecular formula is C14H18FNO3S. The lowest BCUT2D eigenvalue weighted by Crippen LogP contribution is -2.47. The van der Waals surface area contributed by atoms with E-state index >= 15 is 0 Å². The van der Waals surface area contributed by atoms with Crippen molar-refractivity contribution in [2.45, 2.75) is 29.9 Å². The molecule has 2 atom stereocenters. The van der Waals surface area contributed by atoms with E-state index in [0.717, 1.165) is 4.90 Å². The van der Waals surface area contributed by atoms with Crippen molar-refractivity contribution in [1.29, 1.82) is 0 Å². The average molecular weight is 299 g/mol. The summed E-state index contributed by atoms with van der Waals surface area (Å²) in [6, 6.07) is 5.99. The van der Waals surface area contributed by atoms with Crippen molar-refractivity contribution in [3.05, 3.63) is 30.1 Å². The molecule has 0 spiro atoms. The fraction of sp³-hybridized carbons (Fsp3) is 0.500. The van der Waals surface area contributed by atoms with Gasteiger partial charge >= 0.3 is 0 Å². The minimum absolute atomic E-state index is 0.160. The molecule has 2 N–H and O–H groups in total. The Morgan fingerprint density at radius 3 is 2.85 bits per heavy atom. The number of ether oxygens (including phenoxy) is 1. The van der Waals surface area contributed by atoms with Crippen LogP contribution in [0.3, 0.4) is 0 Å². The third-order valence-electron chi connectivity index (χ3n) is 3.43. The first-order valence-corrected chi connectivity index (χ1v) is 7.47. The zero-order valence-corrected chi connectivity index (χ0v) is 12.1. The van der Waals surface area contributed by atoms with E-state index in [9.17, 15) is 14.3 Å². The Morgan fingerprint density at radius 1 is 1.55 bits per heavy atom. The lowest BCUT2D eigenvalue weighted by Gasteiger charge is -2.26. The van der Waals surface area contributed by atoms with Gasteiger partial charge in [0.05, 0.1) is 11.9 Å². The number of thioether (sulfide) groups is 1. The average Bonchev–Trinajstić information content (AvgIpc) is 2.76. The second kappa shape index (κ2) is 6.56. The van der Waals surface area contributed by atoms with E-state index in [-0.39, 0.29) is 30.1 Å². The summed E-state index contributed by atoms with van der Waals surface area (Å²) in [6.07, 6.45) is 0.257. The fourth-order valence-corrected chi connectivity index (χ4v) is 2.71. The Balaban J connectivity index is 1.74. The summed E-state index contributed by atoms with van der Waals surface area (Å²) >= 11 is 1.33. The van der Waals surface area contributed by atoms with Gasteiger partial charge in [0, 0.05) is 24.5 Å². The van der Waals surface area contributed by atoms with Crippen LogP contribution in [0.2, 0.25) is 0 Å². The smallest absolute Gasteiger partial charge is 0.230 e. The molecule has 2 unspecified atom stereocenters. The molecule has 1 aliphatic rings. The monoisotopic (exact) mass is 299 g/mol. The number of nitrogens with one attached hydrogen (secondary N) is 1. The van der Waals surface area contributed by atoms with Crippen molar-refractivity contribution in [2.24, 2.45) is 0 Å². The van der Waals surface area contributed by atoms with Crippen LogP contribution in [0.25, 0.3) is 0 Å². The Kier molecular flexibility index (Phi) is 5.01. The molecule has 6 heteroatoms. The number of halogens is 1. The molecule has 1 fully saturated rings. The molecule has 1 saturated heterocycles. The van der Waals surface area contributed by atoms with Crippen LogP contribution in [0.4, 0.5) is 4.39 Å². The largest absolute Gasteiger partial charge is 0.385 e. The molecule has 1 aromatic carbocycles. The van der Waals surface area contributed by atoms with E-state index in [1.54, 1.807) is 19.1 Å². The van der Waals surface area contributed by atoms with Gasteiger partial charge in [0.15, 0.2) is 0 Å². The molecule has 1 aromatic rings. The molecule has 0 aromatic heterocycles. The summed E-state index contributed by atoms with van der Waals surface area (Å²) in [6.45, 7) is 2.50. The molecule has 1 aliphatic heterocycles. The number of carbonyl (C=O) groups excluding carboxylic acids is 1. The Morgan fingerprint density at radius 2 is 2.25 bits per heavy atom. The predicted molar refractivity (Wildman–Crippen MR) is 75.1 cm³/mol. The van der Waals surface area contributed by atoms with Gasteiger partial charge in [-0.2, -0.15) is 0 Å². The van der Waals surface area contributed by atoms with Crippen molar-refractivity contribution in [3.63, 3.8) is 0 Å². The first-order valence-electron chi connectivity index (χ1n) is 6.49. The highest BCUT2D eigenvalue weighted by Gasteiger charge is 2.39. The SMILES string of the molecule is CC1OCCC1(O)CNC(=O)CSc1ccc(F)cc1. The van der Waals surface area contributed by atoms with Gasteiger partial charge in [0.1, 0.15) is 11.4 Å². The van der Waals surface area contributed by atoms with E-state index in [1.807, 2.05) is 0 Å². The zero-order chi connectivity index (χ0) is 14.6. The number of rotatable bonds is 5. The number of benzene rings is 1. The highest BCUT2D eigenvalue weighted by atomic mass is 32.2. The molecule has 1 amide bonds. The van der Waals surface area contributed by atoms with Gasteiger partial charge in [0.2, 0.25) is 5.91 Å². The van der Waals surface area contributed by atoms with Crippen molar-refractivity contribution in [3.8, 4) is 0 Å². The quantitative estimate of drug-likeness (QED) is 0.810. The normalized spacial score (nSPS) is 25.6. The predicted octanol–water partition coefficient (Wildman–Crippen LogP) is 1.57. The van der Waals surface area contributed by atoms with Crippen molar-refractivity contribution in [1.82, 2.24) is 5.32 Å². The molecule has 0 bridgehead atoms. The molecular weight excluding hydrogens is 281 g/mol. The van der Waals surface area contributed by atoms with E-state index < -0.39 is 5.60 Å². The zero-order valence-electron chi connectivity index (χ0n) is 11.3. The van der Waals surface area contributed by atoms with Gasteiger partial charge in [-0.1, -0.05) is 0 Å². The number of hydrogen-bond acceptors (Lipinski definition) is 4. The molecule has 1 heterocycles. The van der Waals surface area contributed by atoms with Crippen LogP contribution in [-0.2, 0) is 9.53 Å². The summed E-state index contributed by atoms with van der Waals surface area (Å²) < 4.78 is 18.0. The van der Waals surface area contributed by atoms with Crippen LogP contribution < -0.4 is 5.32 Å². The van der Waals surface area contributed by atoms with Crippen molar-refractivity contribution < 1.29 is 19.0 Å². The second-order valence-electron chi connectivity index (χ2n) is 4.89. The highest BCUT2D eigenvalue weighted by molar-refractivity contribution is 8.00. The molecule has 20 heavy (non-hydrogen) atoms. The first-order chi connectivity index (χ1) is 9.49. The summed E-state index contributed by atoms with van der Waals surface area (Å²) in [5.74, 6) is -0.222. The Hall–Kier alpha value is -1.11. The maximum absolute atomic E-state index is 12.7. The van der Waals surface area contributed by atoms with Crippen molar-refractivity contribution in [2.75, 3.05) is 18.9 Å². The number of carbonyl (C=O) groups is 1. The lowest BCUT2D eigenvalue weighted by atomic mass is 9.97. The van der Waals surface area contributed by atoms with Crippen LogP contribution in [-0.4, -0.2) is 41.6 Å². The number of aliphatic hydroxyl groups is 1. The third-order valence-corrected chi connectivity index (χ3v) is 4.45. The topological polar surface area (TPSA) is 58.6 Å². The molecule has 2 rings (SSSR count). The molecule has 0 radical (unpaired) electrons. The lowest BCUT2D eigenvalue weighted by molar-refractivity contribution is -0.120. The standard InChI is InChI=1S/C14H18FNO3S/c1-10-14(18,6-7-19-10)9-16-13(17)8-20-12-4-2-11(15)3-5-12/h2-5,10,18H,6-9H2,1H3,(H,16,17).